The Morgan fingerprint density at radius 2 is 2.21 bits per heavy atom. The van der Waals surface area contributed by atoms with Crippen LogP contribution in [-0.2, 0) is 5.88 Å². The first kappa shape index (κ1) is 11.8. The van der Waals surface area contributed by atoms with Crippen LogP contribution < -0.4 is 0 Å². The van der Waals surface area contributed by atoms with E-state index < -0.39 is 0 Å². The van der Waals surface area contributed by atoms with Gasteiger partial charge >= 0.3 is 0 Å². The molecule has 0 amide bonds. The summed E-state index contributed by atoms with van der Waals surface area (Å²) in [7, 11) is 0. The quantitative estimate of drug-likeness (QED) is 0.740. The minimum Gasteiger partial charge on any atom is -0.323 e. The van der Waals surface area contributed by atoms with Crippen molar-refractivity contribution in [3.05, 3.63) is 29.6 Å². The summed E-state index contributed by atoms with van der Waals surface area (Å²) in [4.78, 5) is 4.75. The third kappa shape index (κ3) is 1.66. The average molecular weight is 275 g/mol. The van der Waals surface area contributed by atoms with Gasteiger partial charge in [-0.05, 0) is 49.7 Å². The molecule has 0 aliphatic heterocycles. The molecule has 1 aromatic heterocycles. The van der Waals surface area contributed by atoms with Crippen molar-refractivity contribution in [2.75, 3.05) is 0 Å². The van der Waals surface area contributed by atoms with Crippen LogP contribution in [0, 0.1) is 18.8 Å². The van der Waals surface area contributed by atoms with Crippen LogP contribution in [0.15, 0.2) is 18.2 Å². The largest absolute Gasteiger partial charge is 0.323 e. The monoisotopic (exact) mass is 274 g/mol. The van der Waals surface area contributed by atoms with Crippen molar-refractivity contribution in [1.29, 1.82) is 0 Å². The van der Waals surface area contributed by atoms with Gasteiger partial charge < -0.3 is 4.57 Å². The molecule has 2 aliphatic carbocycles. The Kier molecular flexibility index (Phi) is 2.63. The average Bonchev–Trinajstić information content (AvgIpc) is 3.11. The van der Waals surface area contributed by atoms with Crippen molar-refractivity contribution in [3.8, 4) is 0 Å². The maximum absolute atomic E-state index is 6.15. The van der Waals surface area contributed by atoms with E-state index in [4.69, 9.17) is 16.6 Å². The summed E-state index contributed by atoms with van der Waals surface area (Å²) in [5.41, 5.74) is 3.75. The number of hydrogen-bond acceptors (Lipinski definition) is 1. The second-order valence-corrected chi connectivity index (χ2v) is 6.48. The fourth-order valence-corrected chi connectivity index (χ4v) is 4.54. The first-order valence-electron chi connectivity index (χ1n) is 7.30. The number of rotatable bonds is 2. The maximum atomic E-state index is 6.15. The maximum Gasteiger partial charge on any atom is 0.125 e. The molecule has 3 atom stereocenters. The highest BCUT2D eigenvalue weighted by Crippen LogP contribution is 2.51. The fourth-order valence-electron chi connectivity index (χ4n) is 4.35. The van der Waals surface area contributed by atoms with Gasteiger partial charge in [0.15, 0.2) is 0 Å². The number of fused-ring (bicyclic) bond motifs is 3. The standard InChI is InChI=1S/C16H19ClN2/c1-10-3-2-4-13-16(10)19(15(9-17)18-13)14-8-11-5-6-12(14)7-11/h2-4,11-12,14H,5-9H2,1H3. The second-order valence-electron chi connectivity index (χ2n) is 6.22. The molecule has 0 spiro atoms. The van der Waals surface area contributed by atoms with Crippen LogP contribution in [0.3, 0.4) is 0 Å². The summed E-state index contributed by atoms with van der Waals surface area (Å²) >= 11 is 6.15. The third-order valence-electron chi connectivity index (χ3n) is 5.14. The Morgan fingerprint density at radius 1 is 1.32 bits per heavy atom. The van der Waals surface area contributed by atoms with E-state index >= 15 is 0 Å². The Bertz CT molecular complexity index is 631. The Labute approximate surface area is 118 Å². The zero-order valence-electron chi connectivity index (χ0n) is 11.3. The minimum atomic E-state index is 0.516. The van der Waals surface area contributed by atoms with Gasteiger partial charge in [0.1, 0.15) is 5.82 Å². The molecule has 0 N–H and O–H groups in total. The molecule has 1 aromatic carbocycles. The lowest BCUT2D eigenvalue weighted by Gasteiger charge is -2.26. The molecule has 4 rings (SSSR count). The van der Waals surface area contributed by atoms with Gasteiger partial charge in [0.25, 0.3) is 0 Å². The van der Waals surface area contributed by atoms with Gasteiger partial charge in [-0.1, -0.05) is 18.6 Å². The van der Waals surface area contributed by atoms with Crippen LogP contribution in [-0.4, -0.2) is 9.55 Å². The molecule has 2 saturated carbocycles. The summed E-state index contributed by atoms with van der Waals surface area (Å²) in [6.45, 7) is 2.19. The molecule has 2 aliphatic rings. The number of hydrogen-bond donors (Lipinski definition) is 0. The highest BCUT2D eigenvalue weighted by Gasteiger charge is 2.41. The number of nitrogens with zero attached hydrogens (tertiary/aromatic N) is 2. The molecule has 2 aromatic rings. The summed E-state index contributed by atoms with van der Waals surface area (Å²) in [5, 5.41) is 0. The topological polar surface area (TPSA) is 17.8 Å². The number of alkyl halides is 1. The summed E-state index contributed by atoms with van der Waals surface area (Å²) in [6, 6.07) is 7.03. The van der Waals surface area contributed by atoms with Crippen molar-refractivity contribution in [2.45, 2.75) is 44.5 Å². The predicted molar refractivity (Wildman–Crippen MR) is 78.5 cm³/mol. The van der Waals surface area contributed by atoms with Crippen molar-refractivity contribution >= 4 is 22.6 Å². The van der Waals surface area contributed by atoms with E-state index in [1.807, 2.05) is 0 Å². The summed E-state index contributed by atoms with van der Waals surface area (Å²) in [5.74, 6) is 3.37. The van der Waals surface area contributed by atoms with Gasteiger partial charge in [-0.25, -0.2) is 4.98 Å². The molecule has 1 heterocycles. The van der Waals surface area contributed by atoms with Gasteiger partial charge in [-0.3, -0.25) is 0 Å². The third-order valence-corrected chi connectivity index (χ3v) is 5.38. The molecular formula is C16H19ClN2. The van der Waals surface area contributed by atoms with Gasteiger partial charge in [0.2, 0.25) is 0 Å². The zero-order valence-corrected chi connectivity index (χ0v) is 12.0. The molecular weight excluding hydrogens is 256 g/mol. The van der Waals surface area contributed by atoms with Gasteiger partial charge in [-0.15, -0.1) is 11.6 Å². The highest BCUT2D eigenvalue weighted by atomic mass is 35.5. The van der Waals surface area contributed by atoms with E-state index in [1.165, 1.54) is 36.8 Å². The Balaban J connectivity index is 1.92. The number of aromatic nitrogens is 2. The fraction of sp³-hybridized carbons (Fsp3) is 0.562. The van der Waals surface area contributed by atoms with Crippen LogP contribution in [0.5, 0.6) is 0 Å². The molecule has 2 nitrogen and oxygen atoms in total. The predicted octanol–water partition coefficient (Wildman–Crippen LogP) is 4.44. The smallest absolute Gasteiger partial charge is 0.125 e. The molecule has 2 fully saturated rings. The van der Waals surface area contributed by atoms with E-state index in [-0.39, 0.29) is 0 Å². The number of aryl methyl sites for hydroxylation is 1. The minimum absolute atomic E-state index is 0.516. The lowest BCUT2D eigenvalue weighted by Crippen LogP contribution is -2.18. The molecule has 19 heavy (non-hydrogen) atoms. The van der Waals surface area contributed by atoms with Crippen LogP contribution >= 0.6 is 11.6 Å². The van der Waals surface area contributed by atoms with Crippen LogP contribution in [0.25, 0.3) is 11.0 Å². The number of imidazole rings is 1. The van der Waals surface area contributed by atoms with Crippen molar-refractivity contribution in [3.63, 3.8) is 0 Å². The van der Waals surface area contributed by atoms with E-state index in [0.29, 0.717) is 11.9 Å². The molecule has 2 bridgehead atoms. The number of halogens is 1. The normalized spacial score (nSPS) is 29.5. The summed E-state index contributed by atoms with van der Waals surface area (Å²) < 4.78 is 2.47. The highest BCUT2D eigenvalue weighted by molar-refractivity contribution is 6.16. The summed E-state index contributed by atoms with van der Waals surface area (Å²) in [6.07, 6.45) is 5.57. The molecule has 0 radical (unpaired) electrons. The van der Waals surface area contributed by atoms with Crippen LogP contribution in [0.4, 0.5) is 0 Å². The van der Waals surface area contributed by atoms with Gasteiger partial charge in [0, 0.05) is 6.04 Å². The first-order valence-corrected chi connectivity index (χ1v) is 7.83. The van der Waals surface area contributed by atoms with E-state index in [1.54, 1.807) is 0 Å². The van der Waals surface area contributed by atoms with Crippen LogP contribution in [0.1, 0.15) is 43.1 Å². The van der Waals surface area contributed by atoms with Crippen molar-refractivity contribution in [2.24, 2.45) is 11.8 Å². The SMILES string of the molecule is Cc1cccc2nc(CCl)n(C3CC4CCC3C4)c12. The molecule has 0 saturated heterocycles. The van der Waals surface area contributed by atoms with Gasteiger partial charge in [-0.2, -0.15) is 0 Å². The van der Waals surface area contributed by atoms with Crippen molar-refractivity contribution < 1.29 is 0 Å². The zero-order chi connectivity index (χ0) is 13.0. The first-order chi connectivity index (χ1) is 9.28. The number of para-hydroxylation sites is 1. The van der Waals surface area contributed by atoms with Crippen LogP contribution in [0.2, 0.25) is 0 Å². The number of benzene rings is 1. The van der Waals surface area contributed by atoms with E-state index in [0.717, 1.165) is 23.2 Å². The molecule has 3 unspecified atom stereocenters. The lowest BCUT2D eigenvalue weighted by molar-refractivity contribution is 0.331. The molecule has 100 valence electrons. The molecule has 3 heteroatoms. The Hall–Kier alpha value is -1.02. The van der Waals surface area contributed by atoms with Gasteiger partial charge in [0.05, 0.1) is 16.9 Å². The van der Waals surface area contributed by atoms with E-state index in [9.17, 15) is 0 Å². The second kappa shape index (κ2) is 4.24. The Morgan fingerprint density at radius 3 is 2.89 bits per heavy atom. The van der Waals surface area contributed by atoms with Crippen molar-refractivity contribution in [1.82, 2.24) is 9.55 Å². The van der Waals surface area contributed by atoms with E-state index in [2.05, 4.69) is 29.7 Å². The lowest BCUT2D eigenvalue weighted by atomic mass is 9.94.